The van der Waals surface area contributed by atoms with Crippen molar-refractivity contribution >= 4 is 11.8 Å². The third kappa shape index (κ3) is 2.25. The van der Waals surface area contributed by atoms with E-state index < -0.39 is 0 Å². The molecule has 0 saturated heterocycles. The minimum atomic E-state index is 0.544. The number of hydrogen-bond donors (Lipinski definition) is 0. The lowest BCUT2D eigenvalue weighted by atomic mass is 10.2. The van der Waals surface area contributed by atoms with Gasteiger partial charge in [-0.25, -0.2) is 4.98 Å². The molecule has 2 aromatic rings. The van der Waals surface area contributed by atoms with Crippen molar-refractivity contribution in [2.24, 2.45) is 0 Å². The average molecular weight is 260 g/mol. The molecule has 0 radical (unpaired) electrons. The first-order valence-electron chi connectivity index (χ1n) is 6.12. The fraction of sp³-hybridized carbons (Fsp3) is 0.357. The molecule has 2 heterocycles. The summed E-state index contributed by atoms with van der Waals surface area (Å²) in [5.41, 5.74) is 1.34. The maximum absolute atomic E-state index is 5.16. The van der Waals surface area contributed by atoms with E-state index >= 15 is 0 Å². The third-order valence-corrected chi connectivity index (χ3v) is 4.63. The molecular formula is C14H16N2OS. The van der Waals surface area contributed by atoms with Gasteiger partial charge in [0.1, 0.15) is 11.6 Å². The Morgan fingerprint density at radius 1 is 1.39 bits per heavy atom. The summed E-state index contributed by atoms with van der Waals surface area (Å²) in [6.45, 7) is 1.11. The van der Waals surface area contributed by atoms with Crippen LogP contribution in [0.15, 0.2) is 36.7 Å². The summed E-state index contributed by atoms with van der Waals surface area (Å²) in [5, 5.41) is 0.544. The van der Waals surface area contributed by atoms with Gasteiger partial charge in [0, 0.05) is 24.7 Å². The molecule has 3 rings (SSSR count). The Hall–Kier alpha value is -1.42. The Morgan fingerprint density at radius 2 is 2.22 bits per heavy atom. The van der Waals surface area contributed by atoms with Crippen LogP contribution in [0.2, 0.25) is 0 Å². The van der Waals surface area contributed by atoms with Crippen molar-refractivity contribution in [3.8, 4) is 5.75 Å². The van der Waals surface area contributed by atoms with Crippen LogP contribution in [-0.4, -0.2) is 16.7 Å². The predicted octanol–water partition coefficient (Wildman–Crippen LogP) is 3.27. The zero-order valence-electron chi connectivity index (χ0n) is 10.4. The number of thioether (sulfide) groups is 1. The topological polar surface area (TPSA) is 27.1 Å². The number of rotatable bonds is 4. The summed E-state index contributed by atoms with van der Waals surface area (Å²) in [6, 6.07) is 8.30. The largest absolute Gasteiger partial charge is 0.497 e. The molecule has 0 bridgehead atoms. The van der Waals surface area contributed by atoms with Crippen LogP contribution in [-0.2, 0) is 12.3 Å². The van der Waals surface area contributed by atoms with Crippen LogP contribution in [0, 0.1) is 0 Å². The first kappa shape index (κ1) is 11.7. The van der Waals surface area contributed by atoms with Gasteiger partial charge >= 0.3 is 0 Å². The van der Waals surface area contributed by atoms with Gasteiger partial charge in [0.2, 0.25) is 0 Å². The third-order valence-electron chi connectivity index (χ3n) is 3.28. The van der Waals surface area contributed by atoms with Gasteiger partial charge in [-0.1, -0.05) is 12.1 Å². The second kappa shape index (κ2) is 5.06. The van der Waals surface area contributed by atoms with Gasteiger partial charge in [-0.05, 0) is 24.1 Å². The summed E-state index contributed by atoms with van der Waals surface area (Å²) >= 11 is 1.97. The fourth-order valence-electron chi connectivity index (χ4n) is 2.26. The molecule has 0 fully saturated rings. The zero-order chi connectivity index (χ0) is 12.4. The van der Waals surface area contributed by atoms with E-state index in [0.29, 0.717) is 5.25 Å². The highest BCUT2D eigenvalue weighted by atomic mass is 32.2. The minimum absolute atomic E-state index is 0.544. The quantitative estimate of drug-likeness (QED) is 0.844. The molecule has 0 N–H and O–H groups in total. The van der Waals surface area contributed by atoms with Gasteiger partial charge in [-0.2, -0.15) is 0 Å². The second-order valence-electron chi connectivity index (χ2n) is 4.42. The summed E-state index contributed by atoms with van der Waals surface area (Å²) in [6.07, 6.45) is 5.17. The Kier molecular flexibility index (Phi) is 3.28. The number of aryl methyl sites for hydroxylation is 1. The van der Waals surface area contributed by atoms with Gasteiger partial charge in [0.05, 0.1) is 12.4 Å². The van der Waals surface area contributed by atoms with Crippen LogP contribution in [0.25, 0.3) is 0 Å². The SMILES string of the molecule is COc1ccc(CSC2CCn3ccnc32)cc1. The fourth-order valence-corrected chi connectivity index (χ4v) is 3.46. The number of benzene rings is 1. The maximum atomic E-state index is 5.16. The van der Waals surface area contributed by atoms with Gasteiger partial charge in [-0.3, -0.25) is 0 Å². The molecule has 0 amide bonds. The number of nitrogens with zero attached hydrogens (tertiary/aromatic N) is 2. The minimum Gasteiger partial charge on any atom is -0.497 e. The molecule has 1 atom stereocenters. The Morgan fingerprint density at radius 3 is 3.00 bits per heavy atom. The molecule has 0 aliphatic carbocycles. The lowest BCUT2D eigenvalue weighted by molar-refractivity contribution is 0.414. The smallest absolute Gasteiger partial charge is 0.121 e. The standard InChI is InChI=1S/C14H16N2OS/c1-17-12-4-2-11(3-5-12)10-18-13-6-8-16-9-7-15-14(13)16/h2-5,7,9,13H,6,8,10H2,1H3. The van der Waals surface area contributed by atoms with Crippen LogP contribution < -0.4 is 4.74 Å². The van der Waals surface area contributed by atoms with E-state index in [4.69, 9.17) is 4.74 Å². The summed E-state index contributed by atoms with van der Waals surface area (Å²) in [4.78, 5) is 4.44. The zero-order valence-corrected chi connectivity index (χ0v) is 11.2. The molecular weight excluding hydrogens is 244 g/mol. The maximum Gasteiger partial charge on any atom is 0.121 e. The molecule has 0 saturated carbocycles. The molecule has 94 valence electrons. The number of imidazole rings is 1. The highest BCUT2D eigenvalue weighted by Gasteiger charge is 2.23. The monoisotopic (exact) mass is 260 g/mol. The van der Waals surface area contributed by atoms with Crippen LogP contribution in [0.3, 0.4) is 0 Å². The second-order valence-corrected chi connectivity index (χ2v) is 5.61. The van der Waals surface area contributed by atoms with Gasteiger partial charge < -0.3 is 9.30 Å². The molecule has 1 aromatic carbocycles. The van der Waals surface area contributed by atoms with Crippen molar-refractivity contribution in [1.29, 1.82) is 0 Å². The van der Waals surface area contributed by atoms with Crippen molar-refractivity contribution < 1.29 is 4.74 Å². The molecule has 1 aliphatic heterocycles. The number of hydrogen-bond acceptors (Lipinski definition) is 3. The summed E-state index contributed by atoms with van der Waals surface area (Å²) in [7, 11) is 1.70. The van der Waals surface area contributed by atoms with Crippen molar-refractivity contribution in [3.63, 3.8) is 0 Å². The van der Waals surface area contributed by atoms with Gasteiger partial charge in [0.25, 0.3) is 0 Å². The number of aromatic nitrogens is 2. The predicted molar refractivity (Wildman–Crippen MR) is 73.9 cm³/mol. The van der Waals surface area contributed by atoms with Crippen molar-refractivity contribution in [2.75, 3.05) is 7.11 Å². The van der Waals surface area contributed by atoms with Crippen LogP contribution in [0.5, 0.6) is 5.75 Å². The lowest BCUT2D eigenvalue weighted by Crippen LogP contribution is -1.92. The first-order chi connectivity index (χ1) is 8.86. The van der Waals surface area contributed by atoms with E-state index in [9.17, 15) is 0 Å². The van der Waals surface area contributed by atoms with Crippen LogP contribution in [0.4, 0.5) is 0 Å². The average Bonchev–Trinajstić information content (AvgIpc) is 3.00. The lowest BCUT2D eigenvalue weighted by Gasteiger charge is -2.08. The van der Waals surface area contributed by atoms with E-state index in [1.54, 1.807) is 7.11 Å². The molecule has 1 unspecified atom stereocenters. The van der Waals surface area contributed by atoms with E-state index in [2.05, 4.69) is 27.9 Å². The Bertz CT molecular complexity index is 521. The Labute approximate surface area is 111 Å². The number of methoxy groups -OCH3 is 1. The first-order valence-corrected chi connectivity index (χ1v) is 7.17. The highest BCUT2D eigenvalue weighted by Crippen LogP contribution is 2.38. The van der Waals surface area contributed by atoms with Crippen LogP contribution >= 0.6 is 11.8 Å². The van der Waals surface area contributed by atoms with E-state index in [1.807, 2.05) is 30.1 Å². The van der Waals surface area contributed by atoms with Crippen LogP contribution in [0.1, 0.15) is 23.1 Å². The van der Waals surface area contributed by atoms with Crippen molar-refractivity contribution in [3.05, 3.63) is 48.0 Å². The van der Waals surface area contributed by atoms with Crippen molar-refractivity contribution in [2.45, 2.75) is 24.0 Å². The number of fused-ring (bicyclic) bond motifs is 1. The molecule has 3 nitrogen and oxygen atoms in total. The highest BCUT2D eigenvalue weighted by molar-refractivity contribution is 7.98. The Balaban J connectivity index is 1.61. The molecule has 0 spiro atoms. The molecule has 1 aromatic heterocycles. The normalized spacial score (nSPS) is 17.7. The van der Waals surface area contributed by atoms with E-state index in [1.165, 1.54) is 17.8 Å². The molecule has 1 aliphatic rings. The van der Waals surface area contributed by atoms with E-state index in [-0.39, 0.29) is 0 Å². The van der Waals surface area contributed by atoms with Crippen molar-refractivity contribution in [1.82, 2.24) is 9.55 Å². The van der Waals surface area contributed by atoms with Gasteiger partial charge in [0.15, 0.2) is 0 Å². The number of ether oxygens (including phenoxy) is 1. The molecule has 4 heteroatoms. The summed E-state index contributed by atoms with van der Waals surface area (Å²) < 4.78 is 7.42. The van der Waals surface area contributed by atoms with E-state index in [0.717, 1.165) is 18.0 Å². The molecule has 18 heavy (non-hydrogen) atoms. The van der Waals surface area contributed by atoms with Gasteiger partial charge in [-0.15, -0.1) is 11.8 Å². The summed E-state index contributed by atoms with van der Waals surface area (Å²) in [5.74, 6) is 3.18.